The summed E-state index contributed by atoms with van der Waals surface area (Å²) in [7, 11) is -3.05. The summed E-state index contributed by atoms with van der Waals surface area (Å²) in [6, 6.07) is 4.86. The summed E-state index contributed by atoms with van der Waals surface area (Å²) in [6.07, 6.45) is 0. The molecule has 0 bridgehead atoms. The first kappa shape index (κ1) is 14.1. The number of sulfone groups is 1. The lowest BCUT2D eigenvalue weighted by Crippen LogP contribution is -2.49. The predicted molar refractivity (Wildman–Crippen MR) is 77.9 cm³/mol. The highest BCUT2D eigenvalue weighted by atomic mass is 32.2. The average molecular weight is 308 g/mol. The van der Waals surface area contributed by atoms with Crippen molar-refractivity contribution in [1.29, 1.82) is 0 Å². The summed E-state index contributed by atoms with van der Waals surface area (Å²) >= 11 is 0. The number of fused-ring (bicyclic) bond motifs is 1. The number of furan rings is 1. The Hall–Kier alpha value is -1.89. The van der Waals surface area contributed by atoms with E-state index in [-0.39, 0.29) is 35.8 Å². The Labute approximate surface area is 122 Å². The second-order valence-corrected chi connectivity index (χ2v) is 7.64. The van der Waals surface area contributed by atoms with Crippen LogP contribution in [-0.2, 0) is 9.84 Å². The van der Waals surface area contributed by atoms with E-state index in [1.807, 2.05) is 13.0 Å². The molecule has 3 heterocycles. The maximum absolute atomic E-state index is 12.5. The van der Waals surface area contributed by atoms with E-state index in [9.17, 15) is 13.2 Å². The number of nitrogens with zero attached hydrogens (tertiary/aromatic N) is 2. The maximum Gasteiger partial charge on any atom is 0.289 e. The molecule has 1 aliphatic rings. The van der Waals surface area contributed by atoms with Crippen LogP contribution in [0.3, 0.4) is 0 Å². The third kappa shape index (κ3) is 2.65. The van der Waals surface area contributed by atoms with Crippen molar-refractivity contribution in [3.8, 4) is 0 Å². The third-order valence-electron chi connectivity index (χ3n) is 3.65. The molecule has 0 spiro atoms. The van der Waals surface area contributed by atoms with E-state index in [1.54, 1.807) is 24.0 Å². The van der Waals surface area contributed by atoms with Crippen LogP contribution in [-0.4, -0.2) is 48.3 Å². The van der Waals surface area contributed by atoms with Crippen molar-refractivity contribution in [3.63, 3.8) is 0 Å². The standard InChI is InChI=1S/C14H16N2O4S/c1-9-3-4-12-11(15-9)7-13(20-12)14(17)16-5-6-21(18,19)8-10(16)2/h3-4,7,10H,5-6,8H2,1-2H3/t10-/m0/s1. The van der Waals surface area contributed by atoms with Gasteiger partial charge in [0.15, 0.2) is 21.2 Å². The van der Waals surface area contributed by atoms with Gasteiger partial charge in [0.2, 0.25) is 0 Å². The molecule has 0 saturated carbocycles. The number of hydrogen-bond acceptors (Lipinski definition) is 5. The first-order valence-corrected chi connectivity index (χ1v) is 8.56. The molecular weight excluding hydrogens is 292 g/mol. The molecular formula is C14H16N2O4S. The highest BCUT2D eigenvalue weighted by molar-refractivity contribution is 7.91. The first-order valence-electron chi connectivity index (χ1n) is 6.74. The molecule has 0 radical (unpaired) electrons. The van der Waals surface area contributed by atoms with Gasteiger partial charge in [-0.3, -0.25) is 4.79 Å². The zero-order valence-electron chi connectivity index (χ0n) is 11.9. The first-order chi connectivity index (χ1) is 9.85. The third-order valence-corrected chi connectivity index (χ3v) is 5.45. The van der Waals surface area contributed by atoms with Crippen molar-refractivity contribution >= 4 is 26.8 Å². The van der Waals surface area contributed by atoms with Gasteiger partial charge in [-0.1, -0.05) is 0 Å². The molecule has 6 nitrogen and oxygen atoms in total. The minimum absolute atomic E-state index is 0.000661. The summed E-state index contributed by atoms with van der Waals surface area (Å²) in [5, 5.41) is 0. The lowest BCUT2D eigenvalue weighted by molar-refractivity contribution is 0.0682. The average Bonchev–Trinajstić information content (AvgIpc) is 2.80. The molecule has 0 N–H and O–H groups in total. The van der Waals surface area contributed by atoms with E-state index in [2.05, 4.69) is 4.98 Å². The fourth-order valence-electron chi connectivity index (χ4n) is 2.57. The van der Waals surface area contributed by atoms with Crippen molar-refractivity contribution in [2.24, 2.45) is 0 Å². The number of pyridine rings is 1. The quantitative estimate of drug-likeness (QED) is 0.795. The largest absolute Gasteiger partial charge is 0.449 e. The Balaban J connectivity index is 1.90. The van der Waals surface area contributed by atoms with Gasteiger partial charge in [-0.15, -0.1) is 0 Å². The molecule has 112 valence electrons. The monoisotopic (exact) mass is 308 g/mol. The van der Waals surface area contributed by atoms with Crippen molar-refractivity contribution in [2.45, 2.75) is 19.9 Å². The predicted octanol–water partition coefficient (Wildman–Crippen LogP) is 1.40. The van der Waals surface area contributed by atoms with Gasteiger partial charge in [0.1, 0.15) is 5.52 Å². The zero-order valence-corrected chi connectivity index (χ0v) is 12.7. The Morgan fingerprint density at radius 3 is 2.90 bits per heavy atom. The number of aromatic nitrogens is 1. The van der Waals surface area contributed by atoms with Crippen LogP contribution in [0.15, 0.2) is 22.6 Å². The topological polar surface area (TPSA) is 80.5 Å². The van der Waals surface area contributed by atoms with E-state index < -0.39 is 9.84 Å². The van der Waals surface area contributed by atoms with Crippen LogP contribution in [0.5, 0.6) is 0 Å². The van der Waals surface area contributed by atoms with Gasteiger partial charge in [0.05, 0.1) is 11.5 Å². The minimum atomic E-state index is -3.05. The second-order valence-electron chi connectivity index (χ2n) is 5.41. The number of carbonyl (C=O) groups excluding carboxylic acids is 1. The molecule has 1 fully saturated rings. The van der Waals surface area contributed by atoms with E-state index >= 15 is 0 Å². The Morgan fingerprint density at radius 1 is 1.43 bits per heavy atom. The van der Waals surface area contributed by atoms with Gasteiger partial charge in [-0.05, 0) is 26.0 Å². The summed E-state index contributed by atoms with van der Waals surface area (Å²) in [5.74, 6) is -0.0842. The SMILES string of the molecule is Cc1ccc2oc(C(=O)N3CCS(=O)(=O)C[C@@H]3C)cc2n1. The molecule has 1 aliphatic heterocycles. The molecule has 0 unspecified atom stereocenters. The van der Waals surface area contributed by atoms with E-state index in [4.69, 9.17) is 4.42 Å². The van der Waals surface area contributed by atoms with Gasteiger partial charge in [0.25, 0.3) is 5.91 Å². The van der Waals surface area contributed by atoms with Crippen molar-refractivity contribution in [2.75, 3.05) is 18.1 Å². The van der Waals surface area contributed by atoms with E-state index in [1.165, 1.54) is 0 Å². The highest BCUT2D eigenvalue weighted by Gasteiger charge is 2.33. The fourth-order valence-corrected chi connectivity index (χ4v) is 4.13. The molecule has 1 amide bonds. The molecule has 3 rings (SSSR count). The zero-order chi connectivity index (χ0) is 15.2. The van der Waals surface area contributed by atoms with E-state index in [0.717, 1.165) is 5.69 Å². The van der Waals surface area contributed by atoms with Crippen LogP contribution in [0.2, 0.25) is 0 Å². The summed E-state index contributed by atoms with van der Waals surface area (Å²) in [6.45, 7) is 3.80. The summed E-state index contributed by atoms with van der Waals surface area (Å²) < 4.78 is 28.7. The molecule has 21 heavy (non-hydrogen) atoms. The summed E-state index contributed by atoms with van der Waals surface area (Å²) in [4.78, 5) is 18.3. The Morgan fingerprint density at radius 2 is 2.19 bits per heavy atom. The maximum atomic E-state index is 12.5. The minimum Gasteiger partial charge on any atom is -0.449 e. The summed E-state index contributed by atoms with van der Waals surface area (Å²) in [5.41, 5.74) is 2.04. The molecule has 2 aromatic rings. The number of hydrogen-bond donors (Lipinski definition) is 0. The number of carbonyl (C=O) groups is 1. The van der Waals surface area contributed by atoms with Crippen molar-refractivity contribution in [1.82, 2.24) is 9.88 Å². The molecule has 7 heteroatoms. The van der Waals surface area contributed by atoms with Gasteiger partial charge < -0.3 is 9.32 Å². The van der Waals surface area contributed by atoms with Crippen LogP contribution in [0.25, 0.3) is 11.1 Å². The number of rotatable bonds is 1. The van der Waals surface area contributed by atoms with Gasteiger partial charge in [-0.2, -0.15) is 0 Å². The molecule has 0 aliphatic carbocycles. The normalized spacial score (nSPS) is 21.6. The second kappa shape index (κ2) is 4.84. The molecule has 2 aromatic heterocycles. The van der Waals surface area contributed by atoms with Crippen LogP contribution in [0.1, 0.15) is 23.2 Å². The molecule has 1 atom stereocenters. The van der Waals surface area contributed by atoms with Gasteiger partial charge in [0, 0.05) is 24.3 Å². The Bertz CT molecular complexity index is 809. The van der Waals surface area contributed by atoms with Crippen LogP contribution in [0.4, 0.5) is 0 Å². The van der Waals surface area contributed by atoms with Crippen LogP contribution < -0.4 is 0 Å². The number of amides is 1. The van der Waals surface area contributed by atoms with Gasteiger partial charge in [-0.25, -0.2) is 13.4 Å². The Kier molecular flexibility index (Phi) is 3.24. The van der Waals surface area contributed by atoms with Crippen molar-refractivity contribution < 1.29 is 17.6 Å². The lowest BCUT2D eigenvalue weighted by atomic mass is 10.2. The molecule has 0 aromatic carbocycles. The number of aryl methyl sites for hydroxylation is 1. The smallest absolute Gasteiger partial charge is 0.289 e. The van der Waals surface area contributed by atoms with Crippen molar-refractivity contribution in [3.05, 3.63) is 29.7 Å². The van der Waals surface area contributed by atoms with E-state index in [0.29, 0.717) is 11.1 Å². The lowest BCUT2D eigenvalue weighted by Gasteiger charge is -2.32. The van der Waals surface area contributed by atoms with Crippen LogP contribution >= 0.6 is 0 Å². The van der Waals surface area contributed by atoms with Crippen LogP contribution in [0, 0.1) is 6.92 Å². The fraction of sp³-hybridized carbons (Fsp3) is 0.429. The highest BCUT2D eigenvalue weighted by Crippen LogP contribution is 2.21. The molecule has 1 saturated heterocycles. The van der Waals surface area contributed by atoms with Gasteiger partial charge >= 0.3 is 0 Å².